The molecule has 0 bridgehead atoms. The summed E-state index contributed by atoms with van der Waals surface area (Å²) in [7, 11) is 0. The summed E-state index contributed by atoms with van der Waals surface area (Å²) in [6.07, 6.45) is -0.309. The van der Waals surface area contributed by atoms with E-state index in [0.717, 1.165) is 38.2 Å². The lowest BCUT2D eigenvalue weighted by Gasteiger charge is -2.36. The second-order valence-corrected chi connectivity index (χ2v) is 8.22. The number of anilines is 1. The lowest BCUT2D eigenvalue weighted by molar-refractivity contribution is -0.147. The Balaban J connectivity index is 1.60. The molecule has 164 valence electrons. The van der Waals surface area contributed by atoms with Crippen molar-refractivity contribution in [3.63, 3.8) is 0 Å². The molecule has 1 saturated heterocycles. The highest BCUT2D eigenvalue weighted by atomic mass is 16.5. The SMILES string of the molecule is CC(C)OC(=O)[C@@H](C#N)c1nc2ccccc2nc1N1CCN(Cc2ccccc2)CC1. The highest BCUT2D eigenvalue weighted by molar-refractivity contribution is 5.85. The molecule has 2 heterocycles. The number of ether oxygens (including phenoxy) is 1. The number of benzene rings is 2. The van der Waals surface area contributed by atoms with Gasteiger partial charge in [0, 0.05) is 32.7 Å². The van der Waals surface area contributed by atoms with Gasteiger partial charge >= 0.3 is 5.97 Å². The summed E-state index contributed by atoms with van der Waals surface area (Å²) in [5, 5.41) is 9.82. The Labute approximate surface area is 188 Å². The number of piperazine rings is 1. The van der Waals surface area contributed by atoms with E-state index in [4.69, 9.17) is 14.7 Å². The number of nitriles is 1. The number of hydrogen-bond acceptors (Lipinski definition) is 7. The second-order valence-electron chi connectivity index (χ2n) is 8.22. The van der Waals surface area contributed by atoms with Gasteiger partial charge in [-0.05, 0) is 31.5 Å². The quantitative estimate of drug-likeness (QED) is 0.555. The third-order valence-corrected chi connectivity index (χ3v) is 5.49. The summed E-state index contributed by atoms with van der Waals surface area (Å²) in [4.78, 5) is 26.7. The van der Waals surface area contributed by atoms with Gasteiger partial charge in [-0.2, -0.15) is 5.26 Å². The fraction of sp³-hybridized carbons (Fsp3) is 0.360. The number of carbonyl (C=O) groups is 1. The predicted octanol–water partition coefficient (Wildman–Crippen LogP) is 3.51. The van der Waals surface area contributed by atoms with Gasteiger partial charge in [0.1, 0.15) is 5.69 Å². The molecular weight excluding hydrogens is 402 g/mol. The number of aromatic nitrogens is 2. The van der Waals surface area contributed by atoms with Crippen LogP contribution in [0.25, 0.3) is 11.0 Å². The van der Waals surface area contributed by atoms with Crippen molar-refractivity contribution in [3.8, 4) is 6.07 Å². The van der Waals surface area contributed by atoms with Crippen molar-refractivity contribution in [2.24, 2.45) is 0 Å². The molecule has 2 aromatic carbocycles. The van der Waals surface area contributed by atoms with Crippen molar-refractivity contribution in [1.82, 2.24) is 14.9 Å². The fourth-order valence-corrected chi connectivity index (χ4v) is 3.92. The van der Waals surface area contributed by atoms with Gasteiger partial charge in [-0.1, -0.05) is 42.5 Å². The minimum Gasteiger partial charge on any atom is -0.462 e. The van der Waals surface area contributed by atoms with E-state index in [1.165, 1.54) is 5.56 Å². The van der Waals surface area contributed by atoms with E-state index in [2.05, 4.69) is 40.1 Å². The molecule has 0 radical (unpaired) electrons. The first-order chi connectivity index (χ1) is 15.5. The topological polar surface area (TPSA) is 82.3 Å². The molecule has 1 aromatic heterocycles. The van der Waals surface area contributed by atoms with Crippen LogP contribution in [-0.4, -0.2) is 53.1 Å². The van der Waals surface area contributed by atoms with Crippen LogP contribution in [0.4, 0.5) is 5.82 Å². The maximum Gasteiger partial charge on any atom is 0.329 e. The summed E-state index contributed by atoms with van der Waals surface area (Å²) in [6.45, 7) is 7.63. The molecule has 7 heteroatoms. The summed E-state index contributed by atoms with van der Waals surface area (Å²) < 4.78 is 5.34. The highest BCUT2D eigenvalue weighted by Gasteiger charge is 2.31. The van der Waals surface area contributed by atoms with Crippen LogP contribution in [0.1, 0.15) is 31.0 Å². The minimum absolute atomic E-state index is 0.309. The molecule has 1 atom stereocenters. The Morgan fingerprint density at radius 2 is 1.62 bits per heavy atom. The first-order valence-electron chi connectivity index (χ1n) is 10.9. The van der Waals surface area contributed by atoms with Crippen molar-refractivity contribution in [2.75, 3.05) is 31.1 Å². The molecular formula is C25H27N5O2. The Kier molecular flexibility index (Phi) is 6.62. The monoisotopic (exact) mass is 429 g/mol. The predicted molar refractivity (Wildman–Crippen MR) is 123 cm³/mol. The molecule has 32 heavy (non-hydrogen) atoms. The molecule has 1 fully saturated rings. The minimum atomic E-state index is -1.12. The molecule has 0 saturated carbocycles. The molecule has 1 aliphatic heterocycles. The Hall–Kier alpha value is -3.50. The summed E-state index contributed by atoms with van der Waals surface area (Å²) in [5.41, 5.74) is 3.06. The number of esters is 1. The van der Waals surface area contributed by atoms with E-state index in [1.54, 1.807) is 13.8 Å². The zero-order valence-corrected chi connectivity index (χ0v) is 18.4. The highest BCUT2D eigenvalue weighted by Crippen LogP contribution is 2.29. The molecule has 0 amide bonds. The van der Waals surface area contributed by atoms with Gasteiger partial charge in [0.2, 0.25) is 0 Å². The molecule has 0 aliphatic carbocycles. The number of rotatable bonds is 6. The van der Waals surface area contributed by atoms with Crippen LogP contribution in [0.5, 0.6) is 0 Å². The number of para-hydroxylation sites is 2. The first kappa shape index (κ1) is 21.7. The largest absolute Gasteiger partial charge is 0.462 e. The zero-order chi connectivity index (χ0) is 22.5. The lowest BCUT2D eigenvalue weighted by Crippen LogP contribution is -2.46. The third-order valence-electron chi connectivity index (χ3n) is 5.49. The molecule has 4 rings (SSSR count). The summed E-state index contributed by atoms with van der Waals surface area (Å²) in [6, 6.07) is 20.0. The summed E-state index contributed by atoms with van der Waals surface area (Å²) in [5.74, 6) is -1.11. The van der Waals surface area contributed by atoms with Crippen LogP contribution < -0.4 is 4.90 Å². The van der Waals surface area contributed by atoms with Gasteiger partial charge in [0.05, 0.1) is 23.2 Å². The van der Waals surface area contributed by atoms with Crippen LogP contribution in [0.2, 0.25) is 0 Å². The fourth-order valence-electron chi connectivity index (χ4n) is 3.92. The van der Waals surface area contributed by atoms with Crippen LogP contribution in [0.3, 0.4) is 0 Å². The number of fused-ring (bicyclic) bond motifs is 1. The average Bonchev–Trinajstić information content (AvgIpc) is 2.80. The summed E-state index contributed by atoms with van der Waals surface area (Å²) >= 11 is 0. The van der Waals surface area contributed by atoms with Crippen LogP contribution in [0, 0.1) is 11.3 Å². The first-order valence-corrected chi connectivity index (χ1v) is 10.9. The van der Waals surface area contributed by atoms with Crippen molar-refractivity contribution in [2.45, 2.75) is 32.4 Å². The van der Waals surface area contributed by atoms with Gasteiger partial charge in [0.15, 0.2) is 11.7 Å². The molecule has 7 nitrogen and oxygen atoms in total. The molecule has 0 spiro atoms. The van der Waals surface area contributed by atoms with E-state index in [0.29, 0.717) is 17.0 Å². The molecule has 1 aliphatic rings. The Morgan fingerprint density at radius 1 is 1.00 bits per heavy atom. The van der Waals surface area contributed by atoms with Crippen LogP contribution in [0.15, 0.2) is 54.6 Å². The maximum atomic E-state index is 12.7. The van der Waals surface area contributed by atoms with Crippen molar-refractivity contribution in [1.29, 1.82) is 5.26 Å². The number of hydrogen-bond donors (Lipinski definition) is 0. The van der Waals surface area contributed by atoms with Gasteiger partial charge < -0.3 is 9.64 Å². The van der Waals surface area contributed by atoms with Crippen molar-refractivity contribution < 1.29 is 9.53 Å². The van der Waals surface area contributed by atoms with Crippen LogP contribution in [-0.2, 0) is 16.1 Å². The van der Waals surface area contributed by atoms with E-state index >= 15 is 0 Å². The molecule has 0 N–H and O–H groups in total. The standard InChI is InChI=1S/C25H27N5O2/c1-18(2)32-25(31)20(16-26)23-24(28-22-11-7-6-10-21(22)27-23)30-14-12-29(13-15-30)17-19-8-4-3-5-9-19/h3-11,18,20H,12-15,17H2,1-2H3/t20-/m0/s1. The maximum absolute atomic E-state index is 12.7. The lowest BCUT2D eigenvalue weighted by atomic mass is 10.1. The molecule has 3 aromatic rings. The van der Waals surface area contributed by atoms with Gasteiger partial charge in [-0.25, -0.2) is 9.97 Å². The number of carbonyl (C=O) groups excluding carboxylic acids is 1. The zero-order valence-electron chi connectivity index (χ0n) is 18.4. The Bertz CT molecular complexity index is 1120. The normalized spacial score (nSPS) is 15.5. The number of nitrogens with zero attached hydrogens (tertiary/aromatic N) is 5. The van der Waals surface area contributed by atoms with E-state index < -0.39 is 11.9 Å². The van der Waals surface area contributed by atoms with E-state index in [9.17, 15) is 10.1 Å². The smallest absolute Gasteiger partial charge is 0.329 e. The molecule has 0 unspecified atom stereocenters. The van der Waals surface area contributed by atoms with Gasteiger partial charge in [0.25, 0.3) is 0 Å². The Morgan fingerprint density at radius 3 is 2.25 bits per heavy atom. The second kappa shape index (κ2) is 9.75. The van der Waals surface area contributed by atoms with Crippen molar-refractivity contribution in [3.05, 3.63) is 65.9 Å². The van der Waals surface area contributed by atoms with Crippen molar-refractivity contribution >= 4 is 22.8 Å². The van der Waals surface area contributed by atoms with E-state index in [1.807, 2.05) is 30.3 Å². The van der Waals surface area contributed by atoms with Gasteiger partial charge in [-0.15, -0.1) is 0 Å². The van der Waals surface area contributed by atoms with E-state index in [-0.39, 0.29) is 6.10 Å². The third kappa shape index (κ3) is 4.87. The average molecular weight is 430 g/mol. The van der Waals surface area contributed by atoms with Gasteiger partial charge in [-0.3, -0.25) is 9.69 Å². The van der Waals surface area contributed by atoms with Crippen LogP contribution >= 0.6 is 0 Å².